The van der Waals surface area contributed by atoms with Gasteiger partial charge in [0.05, 0.1) is 23.3 Å². The maximum atomic E-state index is 13.8. The Labute approximate surface area is 193 Å². The number of ether oxygens (including phenoxy) is 2. The normalized spacial score (nSPS) is 11.9. The van der Waals surface area contributed by atoms with Crippen molar-refractivity contribution in [3.8, 4) is 23.1 Å². The zero-order valence-electron chi connectivity index (χ0n) is 19.3. The van der Waals surface area contributed by atoms with Crippen LogP contribution in [0.4, 0.5) is 18.0 Å². The summed E-state index contributed by atoms with van der Waals surface area (Å²) in [4.78, 5) is 17.4. The molecule has 0 spiro atoms. The van der Waals surface area contributed by atoms with Gasteiger partial charge < -0.3 is 14.4 Å². The molecule has 1 aromatic carbocycles. The molecule has 0 unspecified atom stereocenters. The van der Waals surface area contributed by atoms with E-state index >= 15 is 0 Å². The Bertz CT molecular complexity index is 1260. The summed E-state index contributed by atoms with van der Waals surface area (Å²) in [6.07, 6.45) is -5.32. The average molecular weight is 476 g/mol. The largest absolute Gasteiger partial charge is 0.491 e. The third kappa shape index (κ3) is 5.54. The Balaban J connectivity index is 1.86. The molecule has 0 aliphatic carbocycles. The average Bonchev–Trinajstić information content (AvgIpc) is 3.12. The topological polar surface area (TPSA) is 106 Å². The molecule has 0 fully saturated rings. The van der Waals surface area contributed by atoms with Crippen molar-refractivity contribution in [1.82, 2.24) is 24.9 Å². The molecular weight excluding hydrogens is 453 g/mol. The predicted octanol–water partition coefficient (Wildman–Crippen LogP) is 4.17. The number of carbonyl (C=O) groups excluding carboxylic acids is 1. The summed E-state index contributed by atoms with van der Waals surface area (Å²) in [6.45, 7) is 4.98. The number of aryl methyl sites for hydroxylation is 1. The highest BCUT2D eigenvalue weighted by Gasteiger charge is 2.35. The van der Waals surface area contributed by atoms with Gasteiger partial charge in [-0.1, -0.05) is 5.21 Å². The molecule has 3 aromatic rings. The summed E-state index contributed by atoms with van der Waals surface area (Å²) in [5, 5.41) is 17.1. The maximum Gasteiger partial charge on any atom is 0.419 e. The van der Waals surface area contributed by atoms with Crippen molar-refractivity contribution < 1.29 is 27.4 Å². The van der Waals surface area contributed by atoms with Gasteiger partial charge in [0.1, 0.15) is 29.5 Å². The summed E-state index contributed by atoms with van der Waals surface area (Å²) in [7, 11) is 3.07. The third-order valence-corrected chi connectivity index (χ3v) is 4.68. The van der Waals surface area contributed by atoms with Crippen molar-refractivity contribution in [2.45, 2.75) is 32.5 Å². The van der Waals surface area contributed by atoms with Gasteiger partial charge >= 0.3 is 12.3 Å². The van der Waals surface area contributed by atoms with Gasteiger partial charge in [-0.15, -0.1) is 5.10 Å². The van der Waals surface area contributed by atoms with Crippen LogP contribution in [0.25, 0.3) is 22.3 Å². The summed E-state index contributed by atoms with van der Waals surface area (Å²) in [5.41, 5.74) is -0.714. The first-order chi connectivity index (χ1) is 15.8. The first-order valence-corrected chi connectivity index (χ1v) is 10.2. The smallest absolute Gasteiger partial charge is 0.419 e. The van der Waals surface area contributed by atoms with Crippen LogP contribution in [0.3, 0.4) is 0 Å². The molecule has 0 saturated heterocycles. The summed E-state index contributed by atoms with van der Waals surface area (Å²) < 4.78 is 53.4. The number of pyridine rings is 1. The number of amides is 1. The number of fused-ring (bicyclic) bond motifs is 1. The second kappa shape index (κ2) is 9.17. The van der Waals surface area contributed by atoms with Crippen molar-refractivity contribution in [1.29, 1.82) is 5.26 Å². The van der Waals surface area contributed by atoms with E-state index in [1.54, 1.807) is 27.8 Å². The molecular formula is C22H23F3N6O3. The zero-order chi connectivity index (χ0) is 25.3. The van der Waals surface area contributed by atoms with Crippen LogP contribution in [0, 0.1) is 11.3 Å². The minimum absolute atomic E-state index is 0.0191. The Hall–Kier alpha value is -3.88. The number of rotatable bonds is 5. The van der Waals surface area contributed by atoms with Gasteiger partial charge in [0.2, 0.25) is 0 Å². The highest BCUT2D eigenvalue weighted by Crippen LogP contribution is 2.39. The van der Waals surface area contributed by atoms with Crippen molar-refractivity contribution in [2.24, 2.45) is 7.05 Å². The molecule has 12 heteroatoms. The van der Waals surface area contributed by atoms with Crippen LogP contribution in [0.5, 0.6) is 5.75 Å². The lowest BCUT2D eigenvalue weighted by Crippen LogP contribution is -2.36. The van der Waals surface area contributed by atoms with Crippen LogP contribution < -0.4 is 4.74 Å². The highest BCUT2D eigenvalue weighted by atomic mass is 19.4. The molecule has 0 saturated carbocycles. The van der Waals surface area contributed by atoms with E-state index in [9.17, 15) is 23.2 Å². The number of nitrogens with zero attached hydrogens (tertiary/aromatic N) is 6. The fourth-order valence-corrected chi connectivity index (χ4v) is 3.02. The lowest BCUT2D eigenvalue weighted by atomic mass is 10.1. The van der Waals surface area contributed by atoms with E-state index in [4.69, 9.17) is 9.47 Å². The number of hydrogen-bond donors (Lipinski definition) is 0. The Morgan fingerprint density at radius 3 is 2.56 bits per heavy atom. The van der Waals surface area contributed by atoms with E-state index in [2.05, 4.69) is 15.3 Å². The molecule has 180 valence electrons. The van der Waals surface area contributed by atoms with Gasteiger partial charge in [-0.2, -0.15) is 18.4 Å². The highest BCUT2D eigenvalue weighted by molar-refractivity contribution is 5.83. The van der Waals surface area contributed by atoms with E-state index in [1.165, 1.54) is 34.8 Å². The molecule has 0 aliphatic rings. The first-order valence-electron chi connectivity index (χ1n) is 10.2. The Morgan fingerprint density at radius 2 is 1.94 bits per heavy atom. The quantitative estimate of drug-likeness (QED) is 0.544. The number of nitriles is 1. The molecule has 0 aliphatic heterocycles. The fraction of sp³-hybridized carbons (Fsp3) is 0.409. The van der Waals surface area contributed by atoms with Crippen LogP contribution >= 0.6 is 0 Å². The standard InChI is InChI=1S/C22H23F3N6O3/c1-21(2,3)34-20(32)30(4)8-9-33-18-7-6-13(10-14(18)22(23,24)25)15-11-17-19(16(12-26)27-15)28-29-31(17)5/h6-7,10-11H,8-9H2,1-5H3. The van der Waals surface area contributed by atoms with Crippen molar-refractivity contribution in [3.05, 3.63) is 35.5 Å². The number of halogens is 3. The van der Waals surface area contributed by atoms with Crippen LogP contribution in [0.15, 0.2) is 24.3 Å². The molecule has 34 heavy (non-hydrogen) atoms. The number of likely N-dealkylation sites (N-methyl/N-ethyl adjacent to an activating group) is 1. The van der Waals surface area contributed by atoms with Gasteiger partial charge in [0.25, 0.3) is 0 Å². The van der Waals surface area contributed by atoms with Crippen molar-refractivity contribution >= 4 is 17.1 Å². The Kier molecular flexibility index (Phi) is 6.67. The van der Waals surface area contributed by atoms with Gasteiger partial charge in [-0.05, 0) is 45.0 Å². The van der Waals surface area contributed by atoms with E-state index in [0.717, 1.165) is 6.07 Å². The van der Waals surface area contributed by atoms with Gasteiger partial charge in [0, 0.05) is 19.7 Å². The van der Waals surface area contributed by atoms with Crippen LogP contribution in [0.2, 0.25) is 0 Å². The minimum atomic E-state index is -4.71. The van der Waals surface area contributed by atoms with E-state index < -0.39 is 29.2 Å². The number of hydrogen-bond acceptors (Lipinski definition) is 7. The number of alkyl halides is 3. The molecule has 0 N–H and O–H groups in total. The number of aromatic nitrogens is 4. The Morgan fingerprint density at radius 1 is 1.24 bits per heavy atom. The maximum absolute atomic E-state index is 13.8. The molecule has 0 atom stereocenters. The van der Waals surface area contributed by atoms with Crippen LogP contribution in [-0.4, -0.2) is 56.8 Å². The second-order valence-corrected chi connectivity index (χ2v) is 8.51. The molecule has 2 aromatic heterocycles. The fourth-order valence-electron chi connectivity index (χ4n) is 3.02. The van der Waals surface area contributed by atoms with Gasteiger partial charge in [0.15, 0.2) is 5.69 Å². The molecule has 1 amide bonds. The molecule has 2 heterocycles. The molecule has 0 bridgehead atoms. The molecule has 0 radical (unpaired) electrons. The monoisotopic (exact) mass is 476 g/mol. The summed E-state index contributed by atoms with van der Waals surface area (Å²) in [6, 6.07) is 6.92. The number of carbonyl (C=O) groups is 1. The lowest BCUT2D eigenvalue weighted by molar-refractivity contribution is -0.138. The second-order valence-electron chi connectivity index (χ2n) is 8.51. The van der Waals surface area contributed by atoms with Crippen LogP contribution in [-0.2, 0) is 18.0 Å². The van der Waals surface area contributed by atoms with E-state index in [1.807, 2.05) is 6.07 Å². The summed E-state index contributed by atoms with van der Waals surface area (Å²) in [5.74, 6) is -0.391. The van der Waals surface area contributed by atoms with Crippen LogP contribution in [0.1, 0.15) is 32.0 Å². The molecule has 9 nitrogen and oxygen atoms in total. The predicted molar refractivity (Wildman–Crippen MR) is 116 cm³/mol. The minimum Gasteiger partial charge on any atom is -0.491 e. The lowest BCUT2D eigenvalue weighted by Gasteiger charge is -2.24. The third-order valence-electron chi connectivity index (χ3n) is 4.68. The SMILES string of the molecule is CN(CCOc1ccc(-c2cc3c(nnn3C)c(C#N)n2)cc1C(F)(F)F)C(=O)OC(C)(C)C. The van der Waals surface area contributed by atoms with Crippen molar-refractivity contribution in [2.75, 3.05) is 20.2 Å². The number of benzene rings is 1. The van der Waals surface area contributed by atoms with E-state index in [-0.39, 0.29) is 35.6 Å². The zero-order valence-corrected chi connectivity index (χ0v) is 19.3. The van der Waals surface area contributed by atoms with E-state index in [0.29, 0.717) is 5.52 Å². The first kappa shape index (κ1) is 24.8. The van der Waals surface area contributed by atoms with Crippen molar-refractivity contribution in [3.63, 3.8) is 0 Å². The van der Waals surface area contributed by atoms with Gasteiger partial charge in [-0.25, -0.2) is 14.5 Å². The van der Waals surface area contributed by atoms with Gasteiger partial charge in [-0.3, -0.25) is 0 Å². The molecule has 3 rings (SSSR count). The summed E-state index contributed by atoms with van der Waals surface area (Å²) >= 11 is 0.